The zero-order chi connectivity index (χ0) is 22.4. The van der Waals surface area contributed by atoms with Crippen LogP contribution in [0.2, 0.25) is 0 Å². The molecule has 0 aliphatic heterocycles. The van der Waals surface area contributed by atoms with E-state index in [-0.39, 0.29) is 40.9 Å². The van der Waals surface area contributed by atoms with Crippen molar-refractivity contribution in [2.45, 2.75) is 85.5 Å². The average Bonchev–Trinajstić information content (AvgIpc) is 3.01. The third-order valence-electron chi connectivity index (χ3n) is 9.13. The number of ether oxygens (including phenoxy) is 1. The number of hydrogen-bond donors (Lipinski definition) is 0. The van der Waals surface area contributed by atoms with Crippen LogP contribution in [0.15, 0.2) is 23.3 Å². The predicted octanol–water partition coefficient (Wildman–Crippen LogP) is 5.60. The molecule has 0 heterocycles. The Bertz CT molecular complexity index is 836. The predicted molar refractivity (Wildman–Crippen MR) is 120 cm³/mol. The molecule has 4 aliphatic carbocycles. The monoisotopic (exact) mass is 426 g/mol. The van der Waals surface area contributed by atoms with Crippen LogP contribution >= 0.6 is 0 Å². The minimum Gasteiger partial charge on any atom is -0.458 e. The van der Waals surface area contributed by atoms with Gasteiger partial charge < -0.3 is 4.74 Å². The quantitative estimate of drug-likeness (QED) is 0.409. The van der Waals surface area contributed by atoms with Gasteiger partial charge in [0.2, 0.25) is 0 Å². The Morgan fingerprint density at radius 1 is 1.23 bits per heavy atom. The summed E-state index contributed by atoms with van der Waals surface area (Å²) >= 11 is 0. The second kappa shape index (κ2) is 8.33. The number of hydrogen-bond acceptors (Lipinski definition) is 4. The van der Waals surface area contributed by atoms with Crippen LogP contribution in [0.5, 0.6) is 0 Å². The molecule has 31 heavy (non-hydrogen) atoms. The van der Waals surface area contributed by atoms with Gasteiger partial charge in [-0.15, -0.1) is 0 Å². The van der Waals surface area contributed by atoms with E-state index in [2.05, 4.69) is 26.8 Å². The second-order valence-electron chi connectivity index (χ2n) is 11.0. The third-order valence-corrected chi connectivity index (χ3v) is 9.13. The van der Waals surface area contributed by atoms with Gasteiger partial charge in [0.05, 0.1) is 0 Å². The van der Waals surface area contributed by atoms with Crippen LogP contribution in [0.4, 0.5) is 0 Å². The fourth-order valence-corrected chi connectivity index (χ4v) is 7.55. The molecule has 2 saturated carbocycles. The minimum absolute atomic E-state index is 0.0261. The summed E-state index contributed by atoms with van der Waals surface area (Å²) in [4.78, 5) is 37.2. The highest BCUT2D eigenvalue weighted by Crippen LogP contribution is 2.65. The number of carbonyl (C=O) groups excluding carboxylic acids is 3. The Kier molecular flexibility index (Phi) is 6.04. The first-order chi connectivity index (χ1) is 14.7. The lowest BCUT2D eigenvalue weighted by Gasteiger charge is -2.53. The zero-order valence-electron chi connectivity index (χ0n) is 19.7. The molecular weight excluding hydrogens is 388 g/mol. The Morgan fingerprint density at radius 2 is 2.00 bits per heavy atom. The highest BCUT2D eigenvalue weighted by molar-refractivity contribution is 5.92. The Balaban J connectivity index is 1.54. The number of esters is 1. The van der Waals surface area contributed by atoms with Crippen molar-refractivity contribution in [3.05, 3.63) is 23.3 Å². The molecule has 170 valence electrons. The van der Waals surface area contributed by atoms with Crippen molar-refractivity contribution in [2.75, 3.05) is 6.61 Å². The van der Waals surface area contributed by atoms with Crippen LogP contribution in [-0.2, 0) is 19.1 Å². The van der Waals surface area contributed by atoms with E-state index in [9.17, 15) is 14.4 Å². The summed E-state index contributed by atoms with van der Waals surface area (Å²) in [6.45, 7) is 8.81. The van der Waals surface area contributed by atoms with E-state index in [0.717, 1.165) is 44.9 Å². The maximum atomic E-state index is 13.2. The summed E-state index contributed by atoms with van der Waals surface area (Å²) in [5.41, 5.74) is 2.82. The van der Waals surface area contributed by atoms with Crippen molar-refractivity contribution in [1.82, 2.24) is 0 Å². The largest absolute Gasteiger partial charge is 0.458 e. The van der Waals surface area contributed by atoms with Gasteiger partial charge in [-0.2, -0.15) is 0 Å². The van der Waals surface area contributed by atoms with Gasteiger partial charge in [0.1, 0.15) is 6.61 Å². The van der Waals surface area contributed by atoms with Crippen molar-refractivity contribution >= 4 is 17.5 Å². The molecule has 4 aliphatic rings. The lowest BCUT2D eigenvalue weighted by molar-refractivity contribution is -0.150. The molecule has 0 aromatic carbocycles. The van der Waals surface area contributed by atoms with Crippen LogP contribution in [0.25, 0.3) is 0 Å². The van der Waals surface area contributed by atoms with E-state index in [0.29, 0.717) is 30.6 Å². The molecule has 2 unspecified atom stereocenters. The summed E-state index contributed by atoms with van der Waals surface area (Å²) in [6, 6.07) is 0. The van der Waals surface area contributed by atoms with E-state index in [1.165, 1.54) is 11.1 Å². The number of allylic oxidation sites excluding steroid dienone is 4. The number of unbranched alkanes of at least 4 members (excludes halogenated alkanes) is 1. The molecule has 0 aromatic heterocycles. The van der Waals surface area contributed by atoms with Gasteiger partial charge in [-0.3, -0.25) is 14.4 Å². The topological polar surface area (TPSA) is 60.4 Å². The van der Waals surface area contributed by atoms with Gasteiger partial charge in [-0.25, -0.2) is 0 Å². The molecule has 0 aromatic rings. The van der Waals surface area contributed by atoms with Crippen LogP contribution in [0.3, 0.4) is 0 Å². The van der Waals surface area contributed by atoms with Crippen molar-refractivity contribution in [1.29, 1.82) is 0 Å². The number of Topliss-reactive ketones (excluding diaryl/α,β-unsaturated/α-hetero) is 1. The van der Waals surface area contributed by atoms with Gasteiger partial charge in [0.15, 0.2) is 11.6 Å². The van der Waals surface area contributed by atoms with E-state index >= 15 is 0 Å². The first-order valence-corrected chi connectivity index (χ1v) is 12.3. The maximum Gasteiger partial charge on any atom is 0.306 e. The highest BCUT2D eigenvalue weighted by atomic mass is 16.5. The van der Waals surface area contributed by atoms with Crippen LogP contribution in [0.1, 0.15) is 85.5 Å². The zero-order valence-corrected chi connectivity index (χ0v) is 19.7. The number of carbonyl (C=O) groups is 3. The van der Waals surface area contributed by atoms with E-state index in [1.807, 2.05) is 13.0 Å². The summed E-state index contributed by atoms with van der Waals surface area (Å²) in [6.07, 6.45) is 12.1. The first kappa shape index (κ1) is 22.5. The molecule has 0 saturated heterocycles. The van der Waals surface area contributed by atoms with Crippen molar-refractivity contribution in [3.8, 4) is 0 Å². The highest BCUT2D eigenvalue weighted by Gasteiger charge is 2.59. The fourth-order valence-electron chi connectivity index (χ4n) is 7.55. The molecule has 0 amide bonds. The Hall–Kier alpha value is -1.71. The lowest BCUT2D eigenvalue weighted by Crippen LogP contribution is -2.46. The van der Waals surface area contributed by atoms with Crippen LogP contribution in [-0.4, -0.2) is 24.1 Å². The molecular formula is C27H38O4. The molecule has 0 N–H and O–H groups in total. The number of ketones is 2. The second-order valence-corrected chi connectivity index (χ2v) is 11.0. The van der Waals surface area contributed by atoms with Gasteiger partial charge in [-0.05, 0) is 67.8 Å². The van der Waals surface area contributed by atoms with Crippen LogP contribution in [0, 0.1) is 34.5 Å². The molecule has 0 bridgehead atoms. The Labute approximate surface area is 186 Å². The molecule has 4 rings (SSSR count). The van der Waals surface area contributed by atoms with Gasteiger partial charge in [0, 0.05) is 24.2 Å². The van der Waals surface area contributed by atoms with E-state index in [4.69, 9.17) is 4.74 Å². The minimum atomic E-state index is -0.250. The SMILES string of the molecule is CCCCC(=O)OCC(=O)[C@H]1[C@@H](C)CC2C3CCC4=CC(=O)CC[C@]4(C)C3=CC[C@@]21C. The average molecular weight is 427 g/mol. The molecule has 4 nitrogen and oxygen atoms in total. The smallest absolute Gasteiger partial charge is 0.306 e. The molecule has 6 atom stereocenters. The van der Waals surface area contributed by atoms with Crippen molar-refractivity contribution in [3.63, 3.8) is 0 Å². The maximum absolute atomic E-state index is 13.2. The van der Waals surface area contributed by atoms with Gasteiger partial charge >= 0.3 is 5.97 Å². The van der Waals surface area contributed by atoms with E-state index in [1.54, 1.807) is 0 Å². The first-order valence-electron chi connectivity index (χ1n) is 12.3. The molecule has 0 radical (unpaired) electrons. The molecule has 4 heteroatoms. The van der Waals surface area contributed by atoms with E-state index < -0.39 is 0 Å². The van der Waals surface area contributed by atoms with Crippen molar-refractivity contribution in [2.24, 2.45) is 34.5 Å². The van der Waals surface area contributed by atoms with Crippen LogP contribution < -0.4 is 0 Å². The Morgan fingerprint density at radius 3 is 2.74 bits per heavy atom. The summed E-state index contributed by atoms with van der Waals surface area (Å²) in [5, 5.41) is 0. The summed E-state index contributed by atoms with van der Waals surface area (Å²) in [5.74, 6) is 1.38. The fraction of sp³-hybridized carbons (Fsp3) is 0.741. The van der Waals surface area contributed by atoms with Gasteiger partial charge in [0.25, 0.3) is 0 Å². The molecule has 0 spiro atoms. The standard InChI is InChI=1S/C27H38O4/c1-5-6-7-24(30)31-16-23(29)25-17(2)14-22-20-9-8-18-15-19(28)10-12-26(18,3)21(20)11-13-27(22,25)4/h11,15,17,20,22,25H,5-10,12-14,16H2,1-4H3/t17-,20?,22?,25+,26-,27-/m0/s1. The number of rotatable bonds is 6. The third kappa shape index (κ3) is 3.74. The normalized spacial score (nSPS) is 39.0. The number of fused-ring (bicyclic) bond motifs is 5. The van der Waals surface area contributed by atoms with Gasteiger partial charge in [-0.1, -0.05) is 51.3 Å². The summed E-state index contributed by atoms with van der Waals surface area (Å²) < 4.78 is 5.35. The summed E-state index contributed by atoms with van der Waals surface area (Å²) in [7, 11) is 0. The van der Waals surface area contributed by atoms with Crippen molar-refractivity contribution < 1.29 is 19.1 Å². The lowest BCUT2D eigenvalue weighted by atomic mass is 9.51. The molecule has 2 fully saturated rings.